The van der Waals surface area contributed by atoms with Crippen LogP contribution in [0.3, 0.4) is 0 Å². The van der Waals surface area contributed by atoms with Crippen LogP contribution in [0.1, 0.15) is 32.6 Å². The van der Waals surface area contributed by atoms with E-state index in [9.17, 15) is 4.79 Å². The van der Waals surface area contributed by atoms with E-state index in [4.69, 9.17) is 9.47 Å². The van der Waals surface area contributed by atoms with Gasteiger partial charge in [0.15, 0.2) is 0 Å². The molecule has 0 aliphatic carbocycles. The van der Waals surface area contributed by atoms with Crippen LogP contribution in [0.2, 0.25) is 0 Å². The van der Waals surface area contributed by atoms with Crippen molar-refractivity contribution in [3.8, 4) is 0 Å². The molecular formula is C13H26N2O3. The number of nitrogens with one attached hydrogen (secondary N) is 2. The molecule has 0 aromatic carbocycles. The molecule has 0 unspecified atom stereocenters. The Labute approximate surface area is 110 Å². The molecule has 1 aliphatic rings. The van der Waals surface area contributed by atoms with Gasteiger partial charge in [-0.2, -0.15) is 0 Å². The fourth-order valence-electron chi connectivity index (χ4n) is 1.82. The van der Waals surface area contributed by atoms with E-state index in [1.165, 1.54) is 0 Å². The number of rotatable bonds is 9. The van der Waals surface area contributed by atoms with Crippen molar-refractivity contribution in [1.82, 2.24) is 10.6 Å². The Bertz CT molecular complexity index is 218. The number of piperidine rings is 1. The quantitative estimate of drug-likeness (QED) is 0.597. The standard InChI is InChI=1S/C13H26N2O3/c1-2-3-9-17-10-8-15-13(16)11-18-12-4-6-14-7-5-12/h12,14H,2-11H2,1H3,(H,15,16). The SMILES string of the molecule is CCCCOCCNC(=O)COC1CCNCC1. The van der Waals surface area contributed by atoms with Crippen LogP contribution in [-0.2, 0) is 14.3 Å². The number of hydrogen-bond donors (Lipinski definition) is 2. The Hall–Kier alpha value is -0.650. The molecule has 106 valence electrons. The van der Waals surface area contributed by atoms with Crippen molar-refractivity contribution >= 4 is 5.91 Å². The van der Waals surface area contributed by atoms with Crippen LogP contribution in [0.5, 0.6) is 0 Å². The van der Waals surface area contributed by atoms with Gasteiger partial charge in [0, 0.05) is 13.2 Å². The zero-order chi connectivity index (χ0) is 13.1. The number of ether oxygens (including phenoxy) is 2. The average Bonchev–Trinajstić information content (AvgIpc) is 2.41. The molecule has 18 heavy (non-hydrogen) atoms. The van der Waals surface area contributed by atoms with Gasteiger partial charge >= 0.3 is 0 Å². The van der Waals surface area contributed by atoms with Crippen molar-refractivity contribution in [3.63, 3.8) is 0 Å². The molecule has 1 heterocycles. The van der Waals surface area contributed by atoms with E-state index < -0.39 is 0 Å². The summed E-state index contributed by atoms with van der Waals surface area (Å²) in [5.41, 5.74) is 0. The summed E-state index contributed by atoms with van der Waals surface area (Å²) in [4.78, 5) is 11.5. The second-order valence-electron chi connectivity index (χ2n) is 4.58. The highest BCUT2D eigenvalue weighted by atomic mass is 16.5. The third-order valence-corrected chi connectivity index (χ3v) is 2.95. The molecule has 1 rings (SSSR count). The molecular weight excluding hydrogens is 232 g/mol. The summed E-state index contributed by atoms with van der Waals surface area (Å²) in [5.74, 6) is -0.0485. The van der Waals surface area contributed by atoms with E-state index in [-0.39, 0.29) is 18.6 Å². The molecule has 1 saturated heterocycles. The van der Waals surface area contributed by atoms with E-state index in [0.29, 0.717) is 13.2 Å². The van der Waals surface area contributed by atoms with Gasteiger partial charge in [-0.15, -0.1) is 0 Å². The molecule has 0 aromatic rings. The summed E-state index contributed by atoms with van der Waals surface area (Å²) in [6.07, 6.45) is 4.43. The van der Waals surface area contributed by atoms with Crippen LogP contribution >= 0.6 is 0 Å². The molecule has 0 spiro atoms. The average molecular weight is 258 g/mol. The predicted molar refractivity (Wildman–Crippen MR) is 70.6 cm³/mol. The van der Waals surface area contributed by atoms with Gasteiger partial charge in [-0.3, -0.25) is 4.79 Å². The minimum atomic E-state index is -0.0485. The normalized spacial score (nSPS) is 16.7. The highest BCUT2D eigenvalue weighted by Gasteiger charge is 2.14. The topological polar surface area (TPSA) is 59.6 Å². The Morgan fingerprint density at radius 3 is 2.83 bits per heavy atom. The van der Waals surface area contributed by atoms with E-state index in [2.05, 4.69) is 17.6 Å². The Morgan fingerprint density at radius 1 is 1.33 bits per heavy atom. The van der Waals surface area contributed by atoms with Crippen molar-refractivity contribution in [2.75, 3.05) is 39.5 Å². The summed E-state index contributed by atoms with van der Waals surface area (Å²) < 4.78 is 10.9. The molecule has 0 saturated carbocycles. The maximum absolute atomic E-state index is 11.5. The Morgan fingerprint density at radius 2 is 2.11 bits per heavy atom. The summed E-state index contributed by atoms with van der Waals surface area (Å²) in [7, 11) is 0. The van der Waals surface area contributed by atoms with Crippen LogP contribution in [0.15, 0.2) is 0 Å². The van der Waals surface area contributed by atoms with Crippen molar-refractivity contribution in [3.05, 3.63) is 0 Å². The summed E-state index contributed by atoms with van der Waals surface area (Å²) >= 11 is 0. The molecule has 0 aromatic heterocycles. The molecule has 0 atom stereocenters. The fourth-order valence-corrected chi connectivity index (χ4v) is 1.82. The van der Waals surface area contributed by atoms with Gasteiger partial charge in [0.05, 0.1) is 12.7 Å². The first-order chi connectivity index (χ1) is 8.83. The minimum absolute atomic E-state index is 0.0485. The number of carbonyl (C=O) groups excluding carboxylic acids is 1. The monoisotopic (exact) mass is 258 g/mol. The van der Waals surface area contributed by atoms with Crippen LogP contribution in [0.4, 0.5) is 0 Å². The largest absolute Gasteiger partial charge is 0.380 e. The molecule has 5 heteroatoms. The van der Waals surface area contributed by atoms with Gasteiger partial charge in [0.2, 0.25) is 5.91 Å². The lowest BCUT2D eigenvalue weighted by Gasteiger charge is -2.22. The van der Waals surface area contributed by atoms with Crippen molar-refractivity contribution in [1.29, 1.82) is 0 Å². The second-order valence-corrected chi connectivity index (χ2v) is 4.58. The summed E-state index contributed by atoms with van der Waals surface area (Å²) in [5, 5.41) is 6.06. The summed E-state index contributed by atoms with van der Waals surface area (Å²) in [6, 6.07) is 0. The lowest BCUT2D eigenvalue weighted by Crippen LogP contribution is -2.36. The van der Waals surface area contributed by atoms with Gasteiger partial charge in [-0.25, -0.2) is 0 Å². The predicted octanol–water partition coefficient (Wildman–Crippen LogP) is 0.688. The van der Waals surface area contributed by atoms with E-state index in [1.54, 1.807) is 0 Å². The molecule has 0 radical (unpaired) electrons. The Balaban J connectivity index is 1.90. The van der Waals surface area contributed by atoms with Crippen LogP contribution in [0, 0.1) is 0 Å². The van der Waals surface area contributed by atoms with Gasteiger partial charge in [0.1, 0.15) is 6.61 Å². The molecule has 1 fully saturated rings. The maximum Gasteiger partial charge on any atom is 0.246 e. The van der Waals surface area contributed by atoms with Gasteiger partial charge in [-0.1, -0.05) is 13.3 Å². The fraction of sp³-hybridized carbons (Fsp3) is 0.923. The third kappa shape index (κ3) is 7.63. The lowest BCUT2D eigenvalue weighted by molar-refractivity contribution is -0.128. The second kappa shape index (κ2) is 10.3. The summed E-state index contributed by atoms with van der Waals surface area (Å²) in [6.45, 7) is 6.19. The van der Waals surface area contributed by atoms with Gasteiger partial charge < -0.3 is 20.1 Å². The third-order valence-electron chi connectivity index (χ3n) is 2.95. The van der Waals surface area contributed by atoms with E-state index >= 15 is 0 Å². The molecule has 1 amide bonds. The van der Waals surface area contributed by atoms with Crippen LogP contribution in [0.25, 0.3) is 0 Å². The molecule has 5 nitrogen and oxygen atoms in total. The smallest absolute Gasteiger partial charge is 0.246 e. The first kappa shape index (κ1) is 15.4. The van der Waals surface area contributed by atoms with Crippen molar-refractivity contribution < 1.29 is 14.3 Å². The minimum Gasteiger partial charge on any atom is -0.380 e. The zero-order valence-electron chi connectivity index (χ0n) is 11.4. The first-order valence-corrected chi connectivity index (χ1v) is 6.99. The van der Waals surface area contributed by atoms with Crippen LogP contribution < -0.4 is 10.6 Å². The highest BCUT2D eigenvalue weighted by molar-refractivity contribution is 5.77. The van der Waals surface area contributed by atoms with Gasteiger partial charge in [-0.05, 0) is 32.4 Å². The highest BCUT2D eigenvalue weighted by Crippen LogP contribution is 2.06. The number of hydrogen-bond acceptors (Lipinski definition) is 4. The first-order valence-electron chi connectivity index (χ1n) is 6.99. The lowest BCUT2D eigenvalue weighted by atomic mass is 10.1. The Kier molecular flexibility index (Phi) is 8.81. The van der Waals surface area contributed by atoms with Crippen LogP contribution in [-0.4, -0.2) is 51.5 Å². The van der Waals surface area contributed by atoms with Gasteiger partial charge in [0.25, 0.3) is 0 Å². The zero-order valence-corrected chi connectivity index (χ0v) is 11.4. The maximum atomic E-state index is 11.5. The molecule has 0 bridgehead atoms. The number of unbranched alkanes of at least 4 members (excludes halogenated alkanes) is 1. The van der Waals surface area contributed by atoms with E-state index in [0.717, 1.165) is 45.4 Å². The molecule has 2 N–H and O–H groups in total. The van der Waals surface area contributed by atoms with Crippen molar-refractivity contribution in [2.45, 2.75) is 38.7 Å². The number of amides is 1. The molecule has 1 aliphatic heterocycles. The van der Waals surface area contributed by atoms with Crippen molar-refractivity contribution in [2.24, 2.45) is 0 Å². The number of carbonyl (C=O) groups is 1. The van der Waals surface area contributed by atoms with E-state index in [1.807, 2.05) is 0 Å².